The van der Waals surface area contributed by atoms with Crippen LogP contribution in [-0.4, -0.2) is 75.5 Å². The van der Waals surface area contributed by atoms with Gasteiger partial charge < -0.3 is 40.9 Å². The van der Waals surface area contributed by atoms with E-state index in [9.17, 15) is 24.9 Å². The summed E-state index contributed by atoms with van der Waals surface area (Å²) in [7, 11) is 1.29. The fourth-order valence-corrected chi connectivity index (χ4v) is 2.26. The highest BCUT2D eigenvalue weighted by molar-refractivity contribution is 5.74. The zero-order valence-electron chi connectivity index (χ0n) is 13.3. The Balaban J connectivity index is 3.22. The third-order valence-corrected chi connectivity index (χ3v) is 3.41. The van der Waals surface area contributed by atoms with Crippen LogP contribution in [0.5, 0.6) is 0 Å². The average Bonchev–Trinajstić information content (AvgIpc) is 2.49. The monoisotopic (exact) mass is 346 g/mol. The molecule has 10 heteroatoms. The molecule has 0 aromatic heterocycles. The van der Waals surface area contributed by atoms with E-state index in [0.717, 1.165) is 0 Å². The van der Waals surface area contributed by atoms with Gasteiger partial charge >= 0.3 is 11.9 Å². The molecule has 3 unspecified atom stereocenters. The number of nitrogens with one attached hydrogen (secondary N) is 2. The topological polar surface area (TPSA) is 169 Å². The molecule has 3 atom stereocenters. The first kappa shape index (κ1) is 19.7. The number of methoxy groups -OCH3 is 1. The van der Waals surface area contributed by atoms with Gasteiger partial charge in [-0.1, -0.05) is 0 Å². The molecular formula is C14H22N2O8. The van der Waals surface area contributed by atoms with Crippen LogP contribution in [0.2, 0.25) is 0 Å². The summed E-state index contributed by atoms with van der Waals surface area (Å²) in [5.41, 5.74) is -1.55. The molecule has 0 heterocycles. The maximum Gasteiger partial charge on any atom is 0.328 e. The molecule has 0 saturated heterocycles. The van der Waals surface area contributed by atoms with Crippen molar-refractivity contribution in [2.45, 2.75) is 31.1 Å². The lowest BCUT2D eigenvalue weighted by atomic mass is 9.90. The molecule has 10 nitrogen and oxygen atoms in total. The van der Waals surface area contributed by atoms with E-state index in [0.29, 0.717) is 0 Å². The van der Waals surface area contributed by atoms with Gasteiger partial charge in [-0.05, 0) is 13.0 Å². The first-order valence-corrected chi connectivity index (χ1v) is 7.10. The number of carbonyl (C=O) groups is 2. The van der Waals surface area contributed by atoms with Crippen molar-refractivity contribution in [1.29, 1.82) is 0 Å². The Morgan fingerprint density at radius 2 is 2.04 bits per heavy atom. The van der Waals surface area contributed by atoms with E-state index >= 15 is 0 Å². The van der Waals surface area contributed by atoms with Crippen LogP contribution in [0.1, 0.15) is 13.3 Å². The van der Waals surface area contributed by atoms with Crippen molar-refractivity contribution >= 4 is 11.9 Å². The molecule has 0 spiro atoms. The van der Waals surface area contributed by atoms with E-state index in [-0.39, 0.29) is 23.6 Å². The second kappa shape index (κ2) is 7.99. The minimum Gasteiger partial charge on any atom is -0.493 e. The zero-order valence-corrected chi connectivity index (χ0v) is 13.3. The second-order valence-electron chi connectivity index (χ2n) is 5.46. The molecule has 0 aromatic carbocycles. The van der Waals surface area contributed by atoms with E-state index in [1.807, 2.05) is 0 Å². The fourth-order valence-electron chi connectivity index (χ4n) is 2.26. The van der Waals surface area contributed by atoms with Crippen molar-refractivity contribution in [2.24, 2.45) is 0 Å². The molecule has 7 N–H and O–H groups in total. The smallest absolute Gasteiger partial charge is 0.328 e. The number of hydrogen-bond donors (Lipinski definition) is 7. The highest BCUT2D eigenvalue weighted by atomic mass is 16.5. The predicted octanol–water partition coefficient (Wildman–Crippen LogP) is -2.05. The zero-order chi connectivity index (χ0) is 18.5. The predicted molar refractivity (Wildman–Crippen MR) is 80.6 cm³/mol. The molecule has 1 aliphatic rings. The van der Waals surface area contributed by atoms with E-state index < -0.39 is 42.8 Å². The van der Waals surface area contributed by atoms with Gasteiger partial charge in [0.05, 0.1) is 31.2 Å². The van der Waals surface area contributed by atoms with Gasteiger partial charge in [-0.25, -0.2) is 4.79 Å². The summed E-state index contributed by atoms with van der Waals surface area (Å²) < 4.78 is 5.17. The molecule has 0 fully saturated rings. The van der Waals surface area contributed by atoms with Crippen LogP contribution in [0.25, 0.3) is 0 Å². The third-order valence-electron chi connectivity index (χ3n) is 3.41. The van der Waals surface area contributed by atoms with Crippen LogP contribution in [0.15, 0.2) is 23.2 Å². The van der Waals surface area contributed by atoms with Crippen molar-refractivity contribution in [3.63, 3.8) is 0 Å². The van der Waals surface area contributed by atoms with Gasteiger partial charge in [0.1, 0.15) is 12.1 Å². The number of aliphatic hydroxyl groups is 3. The van der Waals surface area contributed by atoms with Crippen LogP contribution in [0.4, 0.5) is 0 Å². The maximum absolute atomic E-state index is 11.2. The Morgan fingerprint density at radius 1 is 1.42 bits per heavy atom. The number of ether oxygens (including phenoxy) is 1. The van der Waals surface area contributed by atoms with E-state index in [1.165, 1.54) is 20.1 Å². The summed E-state index contributed by atoms with van der Waals surface area (Å²) >= 11 is 0. The van der Waals surface area contributed by atoms with Crippen molar-refractivity contribution < 1.29 is 39.9 Å². The van der Waals surface area contributed by atoms with Crippen LogP contribution >= 0.6 is 0 Å². The molecule has 0 aromatic rings. The number of carboxylic acid groups (broad SMARTS) is 2. The van der Waals surface area contributed by atoms with Crippen molar-refractivity contribution in [2.75, 3.05) is 20.3 Å². The number of rotatable bonds is 9. The van der Waals surface area contributed by atoms with Gasteiger partial charge in [-0.2, -0.15) is 0 Å². The summed E-state index contributed by atoms with van der Waals surface area (Å²) in [4.78, 5) is 22.0. The van der Waals surface area contributed by atoms with Crippen molar-refractivity contribution in [1.82, 2.24) is 10.6 Å². The van der Waals surface area contributed by atoms with E-state index in [4.69, 9.17) is 14.9 Å². The van der Waals surface area contributed by atoms with Crippen LogP contribution in [-0.2, 0) is 14.3 Å². The van der Waals surface area contributed by atoms with Crippen molar-refractivity contribution in [3.8, 4) is 0 Å². The lowest BCUT2D eigenvalue weighted by molar-refractivity contribution is -0.142. The summed E-state index contributed by atoms with van der Waals surface area (Å²) in [6.07, 6.45) is -0.241. The molecular weight excluding hydrogens is 324 g/mol. The molecule has 1 rings (SSSR count). The fraction of sp³-hybridized carbons (Fsp3) is 0.571. The van der Waals surface area contributed by atoms with E-state index in [1.54, 1.807) is 0 Å². The SMILES string of the molecule is COC1=C(NCC(=O)O)CC(O)(CO)C=C1NC(C(=O)O)C(C)O. The first-order chi connectivity index (χ1) is 11.1. The normalized spacial score (nSPS) is 23.1. The number of hydrogen-bond acceptors (Lipinski definition) is 8. The highest BCUT2D eigenvalue weighted by Crippen LogP contribution is 2.30. The van der Waals surface area contributed by atoms with Crippen LogP contribution < -0.4 is 10.6 Å². The Labute approximate surface area is 138 Å². The van der Waals surface area contributed by atoms with Gasteiger partial charge in [0, 0.05) is 6.42 Å². The van der Waals surface area contributed by atoms with E-state index in [2.05, 4.69) is 10.6 Å². The second-order valence-corrected chi connectivity index (χ2v) is 5.46. The molecule has 136 valence electrons. The Kier molecular flexibility index (Phi) is 6.58. The first-order valence-electron chi connectivity index (χ1n) is 7.10. The van der Waals surface area contributed by atoms with Gasteiger partial charge in [0.25, 0.3) is 0 Å². The van der Waals surface area contributed by atoms with Gasteiger partial charge in [-0.15, -0.1) is 0 Å². The summed E-state index contributed by atoms with van der Waals surface area (Å²) in [6.45, 7) is 0.128. The molecule has 1 aliphatic carbocycles. The van der Waals surface area contributed by atoms with Crippen LogP contribution in [0, 0.1) is 0 Å². The Morgan fingerprint density at radius 3 is 2.46 bits per heavy atom. The number of aliphatic carboxylic acids is 2. The minimum atomic E-state index is -1.74. The molecule has 0 saturated carbocycles. The minimum absolute atomic E-state index is 0.0153. The van der Waals surface area contributed by atoms with Gasteiger partial charge in [0.2, 0.25) is 0 Å². The number of carboxylic acids is 2. The molecule has 0 bridgehead atoms. The van der Waals surface area contributed by atoms with Crippen LogP contribution in [0.3, 0.4) is 0 Å². The lowest BCUT2D eigenvalue weighted by Gasteiger charge is -2.33. The summed E-state index contributed by atoms with van der Waals surface area (Å²) in [5, 5.41) is 52.3. The molecule has 0 radical (unpaired) electrons. The Hall–Kier alpha value is -2.30. The lowest BCUT2D eigenvalue weighted by Crippen LogP contribution is -2.47. The molecule has 24 heavy (non-hydrogen) atoms. The van der Waals surface area contributed by atoms with Crippen molar-refractivity contribution in [3.05, 3.63) is 23.2 Å². The number of aliphatic hydroxyl groups excluding tert-OH is 2. The molecule has 0 amide bonds. The maximum atomic E-state index is 11.2. The highest BCUT2D eigenvalue weighted by Gasteiger charge is 2.36. The third kappa shape index (κ3) is 4.85. The Bertz CT molecular complexity index is 557. The average molecular weight is 346 g/mol. The molecule has 0 aliphatic heterocycles. The summed E-state index contributed by atoms with van der Waals surface area (Å²) in [5.74, 6) is -2.40. The quantitative estimate of drug-likeness (QED) is 0.247. The standard InChI is InChI=1S/C14H22N2O8/c1-7(18)11(13(21)22)16-9-4-14(23,6-17)3-8(12(9)24-2)15-5-10(19)20/h4,7,11,15-18,23H,3,5-6H2,1-2H3,(H,19,20)(H,21,22). The van der Waals surface area contributed by atoms with Gasteiger partial charge in [0.15, 0.2) is 11.8 Å². The van der Waals surface area contributed by atoms with Gasteiger partial charge in [-0.3, -0.25) is 4.79 Å². The largest absolute Gasteiger partial charge is 0.493 e. The summed E-state index contributed by atoms with van der Waals surface area (Å²) in [6, 6.07) is -1.40.